The Kier molecular flexibility index (Phi) is 5.99. The Morgan fingerprint density at radius 3 is 2.88 bits per heavy atom. The van der Waals surface area contributed by atoms with Gasteiger partial charge in [0.25, 0.3) is 0 Å². The lowest BCUT2D eigenvalue weighted by Gasteiger charge is -1.76. The summed E-state index contributed by atoms with van der Waals surface area (Å²) in [6.45, 7) is 3.45. The minimum Gasteiger partial charge on any atom is -0.150 e. The lowest BCUT2D eigenvalue weighted by Crippen LogP contribution is -1.56. The molecule has 0 aliphatic rings. The summed E-state index contributed by atoms with van der Waals surface area (Å²) in [5.74, 6) is 0.715. The third kappa shape index (κ3) is 6.50. The zero-order valence-corrected chi connectivity index (χ0v) is 6.64. The molecule has 0 heterocycles. The van der Waals surface area contributed by atoms with Crippen molar-refractivity contribution in [1.82, 2.24) is 0 Å². The summed E-state index contributed by atoms with van der Waals surface area (Å²) in [7, 11) is 0.262. The van der Waals surface area contributed by atoms with Crippen LogP contribution in [0.3, 0.4) is 0 Å². The van der Waals surface area contributed by atoms with E-state index in [4.69, 9.17) is 4.89 Å². The van der Waals surface area contributed by atoms with Crippen LogP contribution in [0.5, 0.6) is 0 Å². The second-order valence-corrected chi connectivity index (χ2v) is 5.51. The van der Waals surface area contributed by atoms with Crippen molar-refractivity contribution in [3.8, 4) is 0 Å². The summed E-state index contributed by atoms with van der Waals surface area (Å²) < 4.78 is 9.93. The van der Waals surface area contributed by atoms with E-state index in [1.54, 1.807) is 6.08 Å². The highest BCUT2D eigenvalue weighted by Crippen LogP contribution is 2.42. The standard InChI is InChI=1S/C3H5O2PS2/c1-2-3-7-8-6(4)5/h2H,1,3H2/p+1. The number of hydrogen-bond acceptors (Lipinski definition) is 3. The molecule has 0 fully saturated rings. The fourth-order valence-electron chi connectivity index (χ4n) is 0.124. The molecule has 0 spiro atoms. The van der Waals surface area contributed by atoms with E-state index in [-0.39, 0.29) is 0 Å². The normalized spacial score (nSPS) is 10.9. The molecule has 0 bridgehead atoms. The third-order valence-corrected chi connectivity index (χ3v) is 4.11. The van der Waals surface area contributed by atoms with Gasteiger partial charge in [-0.25, -0.2) is 0 Å². The van der Waals surface area contributed by atoms with Crippen molar-refractivity contribution in [3.05, 3.63) is 12.7 Å². The smallest absolute Gasteiger partial charge is 0.150 e. The molecule has 0 amide bonds. The van der Waals surface area contributed by atoms with E-state index >= 15 is 0 Å². The van der Waals surface area contributed by atoms with Crippen LogP contribution in [0, 0.1) is 0 Å². The first-order valence-corrected chi connectivity index (χ1v) is 5.97. The summed E-state index contributed by atoms with van der Waals surface area (Å²) in [5.41, 5.74) is 0. The Hall–Kier alpha value is 0.500. The van der Waals surface area contributed by atoms with Gasteiger partial charge in [0.05, 0.1) is 0 Å². The summed E-state index contributed by atoms with van der Waals surface area (Å²) in [5, 5.41) is 0. The van der Waals surface area contributed by atoms with Crippen molar-refractivity contribution < 1.29 is 9.46 Å². The summed E-state index contributed by atoms with van der Waals surface area (Å²) in [6, 6.07) is 0. The first kappa shape index (κ1) is 8.50. The van der Waals surface area contributed by atoms with Gasteiger partial charge in [0.1, 0.15) is 0 Å². The van der Waals surface area contributed by atoms with Crippen LogP contribution in [0.2, 0.25) is 0 Å². The van der Waals surface area contributed by atoms with Crippen LogP contribution in [-0.4, -0.2) is 10.6 Å². The number of rotatable bonds is 4. The summed E-state index contributed by atoms with van der Waals surface area (Å²) in [4.78, 5) is 8.20. The van der Waals surface area contributed by atoms with Gasteiger partial charge in [0.2, 0.25) is 10.4 Å². The molecule has 5 heteroatoms. The molecule has 1 atom stereocenters. The Balaban J connectivity index is 2.93. The van der Waals surface area contributed by atoms with Gasteiger partial charge >= 0.3 is 7.23 Å². The molecule has 0 saturated heterocycles. The van der Waals surface area contributed by atoms with Gasteiger partial charge in [-0.15, -0.1) is 11.5 Å². The molecule has 8 heavy (non-hydrogen) atoms. The maximum absolute atomic E-state index is 9.93. The highest BCUT2D eigenvalue weighted by molar-refractivity contribution is 8.96. The molecular formula is C3H6O2PS2+. The molecule has 1 unspecified atom stereocenters. The van der Waals surface area contributed by atoms with Crippen molar-refractivity contribution in [1.29, 1.82) is 0 Å². The first-order valence-electron chi connectivity index (χ1n) is 1.84. The maximum atomic E-state index is 9.93. The average Bonchev–Trinajstić information content (AvgIpc) is 1.66. The molecular weight excluding hydrogens is 163 g/mol. The fourth-order valence-corrected chi connectivity index (χ4v) is 2.47. The van der Waals surface area contributed by atoms with Crippen LogP contribution >= 0.6 is 28.4 Å². The zero-order valence-electron chi connectivity index (χ0n) is 4.11. The van der Waals surface area contributed by atoms with Crippen LogP contribution in [0.4, 0.5) is 0 Å². The van der Waals surface area contributed by atoms with E-state index < -0.39 is 7.23 Å². The van der Waals surface area contributed by atoms with Gasteiger partial charge in [-0.1, -0.05) is 6.08 Å². The van der Waals surface area contributed by atoms with Crippen LogP contribution < -0.4 is 0 Å². The van der Waals surface area contributed by atoms with E-state index in [2.05, 4.69) is 6.58 Å². The lowest BCUT2D eigenvalue weighted by atomic mass is 10.8. The largest absolute Gasteiger partial charge is 0.594 e. The molecule has 0 saturated carbocycles. The van der Waals surface area contributed by atoms with Crippen molar-refractivity contribution in [2.75, 3.05) is 5.75 Å². The Morgan fingerprint density at radius 1 is 1.88 bits per heavy atom. The second-order valence-electron chi connectivity index (χ2n) is 0.886. The van der Waals surface area contributed by atoms with Crippen LogP contribution in [0.15, 0.2) is 12.7 Å². The highest BCUT2D eigenvalue weighted by Gasteiger charge is 2.11. The topological polar surface area (TPSA) is 37.3 Å². The molecule has 0 aromatic heterocycles. The molecule has 1 N–H and O–H groups in total. The minimum absolute atomic E-state index is 0.715. The molecule has 0 aliphatic heterocycles. The van der Waals surface area contributed by atoms with Crippen LogP contribution in [-0.2, 0) is 4.57 Å². The van der Waals surface area contributed by atoms with Crippen molar-refractivity contribution in [3.63, 3.8) is 0 Å². The van der Waals surface area contributed by atoms with E-state index in [9.17, 15) is 4.57 Å². The highest BCUT2D eigenvalue weighted by atomic mass is 33.3. The summed E-state index contributed by atoms with van der Waals surface area (Å²) >= 11 is 0. The van der Waals surface area contributed by atoms with Gasteiger partial charge in [-0.2, -0.15) is 0 Å². The zero-order chi connectivity index (χ0) is 6.41. The predicted molar refractivity (Wildman–Crippen MR) is 40.1 cm³/mol. The predicted octanol–water partition coefficient (Wildman–Crippen LogP) is 2.20. The fraction of sp³-hybridized carbons (Fsp3) is 0.333. The molecule has 0 aliphatic carbocycles. The van der Waals surface area contributed by atoms with Crippen LogP contribution in [0.25, 0.3) is 0 Å². The lowest BCUT2D eigenvalue weighted by molar-refractivity contribution is 0.520. The first-order chi connectivity index (χ1) is 3.77. The molecule has 2 nitrogen and oxygen atoms in total. The van der Waals surface area contributed by atoms with Gasteiger partial charge in [-0.3, -0.25) is 0 Å². The third-order valence-electron chi connectivity index (χ3n) is 0.302. The van der Waals surface area contributed by atoms with Gasteiger partial charge in [0, 0.05) is 5.75 Å². The van der Waals surface area contributed by atoms with Crippen molar-refractivity contribution >= 4 is 28.4 Å². The van der Waals surface area contributed by atoms with Crippen LogP contribution in [0.1, 0.15) is 0 Å². The molecule has 46 valence electrons. The van der Waals surface area contributed by atoms with Gasteiger partial charge in [0.15, 0.2) is 0 Å². The molecule has 0 aromatic rings. The molecule has 0 rings (SSSR count). The monoisotopic (exact) mass is 169 g/mol. The van der Waals surface area contributed by atoms with E-state index in [1.807, 2.05) is 0 Å². The quantitative estimate of drug-likeness (QED) is 0.303. The van der Waals surface area contributed by atoms with E-state index in [1.165, 1.54) is 10.8 Å². The molecule has 0 aromatic carbocycles. The summed E-state index contributed by atoms with van der Waals surface area (Å²) in [6.07, 6.45) is 1.69. The van der Waals surface area contributed by atoms with Gasteiger partial charge < -0.3 is 0 Å². The number of hydrogen-bond donors (Lipinski definition) is 1. The minimum atomic E-state index is -2.03. The Morgan fingerprint density at radius 2 is 2.50 bits per heavy atom. The average molecular weight is 169 g/mol. The van der Waals surface area contributed by atoms with Crippen molar-refractivity contribution in [2.24, 2.45) is 0 Å². The second kappa shape index (κ2) is 5.63. The maximum Gasteiger partial charge on any atom is 0.594 e. The van der Waals surface area contributed by atoms with E-state index in [0.717, 1.165) is 10.4 Å². The SMILES string of the molecule is C=CCSS[P+](=O)O. The van der Waals surface area contributed by atoms with Gasteiger partial charge in [-0.05, 0) is 15.4 Å². The Labute approximate surface area is 56.8 Å². The van der Waals surface area contributed by atoms with E-state index in [0.29, 0.717) is 5.75 Å². The molecule has 0 radical (unpaired) electrons. The van der Waals surface area contributed by atoms with Crippen molar-refractivity contribution in [2.45, 2.75) is 0 Å². The Bertz CT molecular complexity index is 95.3.